The van der Waals surface area contributed by atoms with Crippen molar-refractivity contribution in [1.82, 2.24) is 9.47 Å². The minimum absolute atomic E-state index is 0.136. The molecule has 2 heterocycles. The maximum atomic E-state index is 12.7. The summed E-state index contributed by atoms with van der Waals surface area (Å²) in [4.78, 5) is 26.8. The molecule has 1 fully saturated rings. The summed E-state index contributed by atoms with van der Waals surface area (Å²) in [5.74, 6) is -0.636. The number of nitrogens with zero attached hydrogens (tertiary/aromatic N) is 2. The Hall–Kier alpha value is -1.67. The van der Waals surface area contributed by atoms with Crippen LogP contribution in [0.2, 0.25) is 0 Å². The number of aryl methyl sites for hydroxylation is 2. The van der Waals surface area contributed by atoms with Gasteiger partial charge in [0.15, 0.2) is 0 Å². The zero-order valence-corrected chi connectivity index (χ0v) is 14.5. The van der Waals surface area contributed by atoms with Crippen LogP contribution in [-0.2, 0) is 16.6 Å². The number of primary sulfonamides is 1. The summed E-state index contributed by atoms with van der Waals surface area (Å²) in [6.07, 6.45) is 0.578. The summed E-state index contributed by atoms with van der Waals surface area (Å²) < 4.78 is 23.9. The number of rotatable bonds is 4. The van der Waals surface area contributed by atoms with Crippen molar-refractivity contribution in [2.45, 2.75) is 33.7 Å². The van der Waals surface area contributed by atoms with Crippen LogP contribution in [0.3, 0.4) is 0 Å². The Bertz CT molecular complexity index is 783. The van der Waals surface area contributed by atoms with E-state index in [0.717, 1.165) is 5.69 Å². The van der Waals surface area contributed by atoms with Gasteiger partial charge in [0, 0.05) is 25.3 Å². The van der Waals surface area contributed by atoms with Gasteiger partial charge >= 0.3 is 0 Å². The van der Waals surface area contributed by atoms with Crippen LogP contribution in [0.1, 0.15) is 35.0 Å². The molecular formula is C15H23N3O4S. The number of hydrogen-bond donors (Lipinski definition) is 1. The van der Waals surface area contributed by atoms with E-state index in [4.69, 9.17) is 5.14 Å². The Morgan fingerprint density at radius 3 is 2.61 bits per heavy atom. The number of sulfonamides is 1. The topological polar surface area (TPSA) is 102 Å². The molecule has 1 saturated heterocycles. The van der Waals surface area contributed by atoms with Gasteiger partial charge in [0.25, 0.3) is 11.5 Å². The van der Waals surface area contributed by atoms with Crippen molar-refractivity contribution >= 4 is 15.9 Å². The molecule has 1 amide bonds. The fourth-order valence-electron chi connectivity index (χ4n) is 3.22. The average Bonchev–Trinajstić information content (AvgIpc) is 2.84. The summed E-state index contributed by atoms with van der Waals surface area (Å²) in [5.41, 5.74) is 1.36. The predicted octanol–water partition coefficient (Wildman–Crippen LogP) is 0.236. The third-order valence-electron chi connectivity index (χ3n) is 4.28. The number of likely N-dealkylation sites (tertiary alicyclic amines) is 1. The van der Waals surface area contributed by atoms with Gasteiger partial charge in [0.05, 0.1) is 5.75 Å². The fraction of sp³-hybridized carbons (Fsp3) is 0.600. The lowest BCUT2D eigenvalue weighted by Gasteiger charge is -2.19. The van der Waals surface area contributed by atoms with Gasteiger partial charge in [0.2, 0.25) is 10.0 Å². The Morgan fingerprint density at radius 1 is 1.39 bits per heavy atom. The number of carbonyl (C=O) groups excluding carboxylic acids is 1. The largest absolute Gasteiger partial charge is 0.338 e. The van der Waals surface area contributed by atoms with Crippen molar-refractivity contribution in [3.63, 3.8) is 0 Å². The Kier molecular flexibility index (Phi) is 4.95. The minimum atomic E-state index is -3.56. The minimum Gasteiger partial charge on any atom is -0.338 e. The van der Waals surface area contributed by atoms with E-state index in [-0.39, 0.29) is 28.7 Å². The standard InChI is InChI=1S/C15H23N3O4S/c1-4-18-11(3)7-10(2)13(15(18)20)14(19)17-6-5-12(8-17)9-23(16,21)22/h7,12H,4-6,8-9H2,1-3H3,(H2,16,21,22)/t12-/m1/s1. The van der Waals surface area contributed by atoms with Crippen LogP contribution in [0, 0.1) is 19.8 Å². The first kappa shape index (κ1) is 17.7. The van der Waals surface area contributed by atoms with Gasteiger partial charge < -0.3 is 9.47 Å². The highest BCUT2D eigenvalue weighted by Crippen LogP contribution is 2.20. The molecule has 128 valence electrons. The van der Waals surface area contributed by atoms with Gasteiger partial charge in [-0.1, -0.05) is 0 Å². The zero-order chi connectivity index (χ0) is 17.4. The second-order valence-corrected chi connectivity index (χ2v) is 7.79. The normalized spacial score (nSPS) is 18.4. The van der Waals surface area contributed by atoms with Crippen LogP contribution in [-0.4, -0.2) is 42.6 Å². The highest BCUT2D eigenvalue weighted by molar-refractivity contribution is 7.89. The van der Waals surface area contributed by atoms with E-state index >= 15 is 0 Å². The van der Waals surface area contributed by atoms with Gasteiger partial charge in [0.1, 0.15) is 5.56 Å². The van der Waals surface area contributed by atoms with Crippen molar-refractivity contribution in [1.29, 1.82) is 0 Å². The van der Waals surface area contributed by atoms with Gasteiger partial charge in [-0.25, -0.2) is 13.6 Å². The van der Waals surface area contributed by atoms with Crippen LogP contribution in [0.4, 0.5) is 0 Å². The fourth-order valence-corrected chi connectivity index (χ4v) is 4.15. The van der Waals surface area contributed by atoms with Gasteiger partial charge in [-0.15, -0.1) is 0 Å². The zero-order valence-electron chi connectivity index (χ0n) is 13.7. The molecule has 8 heteroatoms. The third-order valence-corrected chi connectivity index (χ3v) is 5.21. The number of amides is 1. The second-order valence-electron chi connectivity index (χ2n) is 6.13. The quantitative estimate of drug-likeness (QED) is 0.847. The van der Waals surface area contributed by atoms with Crippen molar-refractivity contribution in [3.05, 3.63) is 33.2 Å². The summed E-state index contributed by atoms with van der Waals surface area (Å²) in [6, 6.07) is 1.83. The summed E-state index contributed by atoms with van der Waals surface area (Å²) in [7, 11) is -3.56. The van der Waals surface area contributed by atoms with Crippen molar-refractivity contribution in [3.8, 4) is 0 Å². The lowest BCUT2D eigenvalue weighted by molar-refractivity contribution is 0.0785. The molecule has 1 aromatic heterocycles. The number of aromatic nitrogens is 1. The molecule has 0 spiro atoms. The highest BCUT2D eigenvalue weighted by atomic mass is 32.2. The smallest absolute Gasteiger partial charge is 0.263 e. The molecule has 0 radical (unpaired) electrons. The third kappa shape index (κ3) is 3.81. The lowest BCUT2D eigenvalue weighted by atomic mass is 10.1. The summed E-state index contributed by atoms with van der Waals surface area (Å²) >= 11 is 0. The number of nitrogens with two attached hydrogens (primary N) is 1. The maximum absolute atomic E-state index is 12.7. The van der Waals surface area contributed by atoms with Crippen LogP contribution < -0.4 is 10.7 Å². The molecule has 7 nitrogen and oxygen atoms in total. The molecule has 2 N–H and O–H groups in total. The first-order valence-corrected chi connectivity index (χ1v) is 9.36. The lowest BCUT2D eigenvalue weighted by Crippen LogP contribution is -2.37. The molecule has 23 heavy (non-hydrogen) atoms. The maximum Gasteiger partial charge on any atom is 0.263 e. The van der Waals surface area contributed by atoms with E-state index in [0.29, 0.717) is 31.6 Å². The first-order chi connectivity index (χ1) is 10.6. The van der Waals surface area contributed by atoms with E-state index in [2.05, 4.69) is 0 Å². The summed E-state index contributed by atoms with van der Waals surface area (Å²) in [5, 5.41) is 5.07. The Morgan fingerprint density at radius 2 is 2.04 bits per heavy atom. The SMILES string of the molecule is CCn1c(C)cc(C)c(C(=O)N2CC[C@@H](CS(N)(=O)=O)C2)c1=O. The van der Waals surface area contributed by atoms with E-state index in [9.17, 15) is 18.0 Å². The molecule has 1 aliphatic heterocycles. The molecule has 0 saturated carbocycles. The van der Waals surface area contributed by atoms with E-state index in [1.807, 2.05) is 19.9 Å². The number of pyridine rings is 1. The molecule has 0 aliphatic carbocycles. The second kappa shape index (κ2) is 6.45. The van der Waals surface area contributed by atoms with Crippen molar-refractivity contribution < 1.29 is 13.2 Å². The van der Waals surface area contributed by atoms with E-state index in [1.165, 1.54) is 0 Å². The molecule has 1 atom stereocenters. The van der Waals surface area contributed by atoms with Crippen molar-refractivity contribution in [2.75, 3.05) is 18.8 Å². The molecule has 2 rings (SSSR count). The van der Waals surface area contributed by atoms with Crippen LogP contribution in [0.5, 0.6) is 0 Å². The molecule has 0 unspecified atom stereocenters. The highest BCUT2D eigenvalue weighted by Gasteiger charge is 2.31. The van der Waals surface area contributed by atoms with Crippen molar-refractivity contribution in [2.24, 2.45) is 11.1 Å². The Balaban J connectivity index is 2.27. The van der Waals surface area contributed by atoms with E-state index < -0.39 is 10.0 Å². The van der Waals surface area contributed by atoms with Crippen LogP contribution in [0.25, 0.3) is 0 Å². The van der Waals surface area contributed by atoms with Gasteiger partial charge in [-0.3, -0.25) is 9.59 Å². The Labute approximate surface area is 136 Å². The van der Waals surface area contributed by atoms with Gasteiger partial charge in [-0.05, 0) is 44.7 Å². The van der Waals surface area contributed by atoms with Crippen LogP contribution >= 0.6 is 0 Å². The first-order valence-electron chi connectivity index (χ1n) is 7.64. The number of hydrogen-bond acceptors (Lipinski definition) is 4. The molecule has 1 aromatic rings. The monoisotopic (exact) mass is 341 g/mol. The average molecular weight is 341 g/mol. The molecule has 1 aliphatic rings. The van der Waals surface area contributed by atoms with Crippen LogP contribution in [0.15, 0.2) is 10.9 Å². The predicted molar refractivity (Wildman–Crippen MR) is 87.8 cm³/mol. The molecular weight excluding hydrogens is 318 g/mol. The number of carbonyl (C=O) groups is 1. The molecule has 0 bridgehead atoms. The van der Waals surface area contributed by atoms with Gasteiger partial charge in [-0.2, -0.15) is 0 Å². The summed E-state index contributed by atoms with van der Waals surface area (Å²) in [6.45, 7) is 6.70. The molecule has 0 aromatic carbocycles. The van der Waals surface area contributed by atoms with E-state index in [1.54, 1.807) is 16.4 Å².